The van der Waals surface area contributed by atoms with Crippen LogP contribution in [-0.2, 0) is 23.1 Å². The number of halogens is 1. The Hall–Kier alpha value is -2.51. The third-order valence-corrected chi connectivity index (χ3v) is 10.5. The molecule has 0 N–H and O–H groups in total. The number of sulfonamides is 1. The largest absolute Gasteiger partial charge is 1.00 e. The highest BCUT2D eigenvalue weighted by molar-refractivity contribution is 7.89. The molecule has 0 saturated carbocycles. The standard InChI is InChI=1S/C36H47N2O2S.BrH/c1-8-34(26-38(9-2,10-3)25-32-22-29(6)19-30(7)23-32)37(24-31-20-27(4)18-28(5)21-31)41(39,40)36-17-13-15-33-14-11-12-16-35(33)36;/h11-23,34H,8-10,24-26H2,1-7H3;1H/q+1;/p-1. The molecule has 4 aromatic carbocycles. The average Bonchev–Trinajstić information content (AvgIpc) is 2.93. The number of fused-ring (bicyclic) bond motifs is 1. The van der Waals surface area contributed by atoms with Gasteiger partial charge in [0.05, 0.1) is 30.6 Å². The second-order valence-corrected chi connectivity index (χ2v) is 13.8. The molecular weight excluding hydrogens is 604 g/mol. The smallest absolute Gasteiger partial charge is 0.244 e. The van der Waals surface area contributed by atoms with Gasteiger partial charge in [-0.25, -0.2) is 8.42 Å². The maximum atomic E-state index is 14.8. The van der Waals surface area contributed by atoms with Crippen LogP contribution in [0.2, 0.25) is 0 Å². The summed E-state index contributed by atoms with van der Waals surface area (Å²) in [7, 11) is -3.81. The van der Waals surface area contributed by atoms with Crippen LogP contribution in [0.1, 0.15) is 60.6 Å². The third-order valence-electron chi connectivity index (χ3n) is 8.57. The third kappa shape index (κ3) is 7.71. The van der Waals surface area contributed by atoms with Crippen LogP contribution in [0, 0.1) is 27.7 Å². The minimum atomic E-state index is -3.81. The quantitative estimate of drug-likeness (QED) is 0.200. The summed E-state index contributed by atoms with van der Waals surface area (Å²) in [5.41, 5.74) is 7.19. The van der Waals surface area contributed by atoms with E-state index in [1.807, 2.05) is 40.7 Å². The second-order valence-electron chi connectivity index (χ2n) is 11.9. The Balaban J connectivity index is 0.00000484. The molecule has 4 nitrogen and oxygen atoms in total. The molecular formula is C36H47BrN2O2S. The number of hydrogen-bond acceptors (Lipinski definition) is 2. The summed E-state index contributed by atoms with van der Waals surface area (Å²) in [6.45, 7) is 19.0. The molecule has 4 aromatic rings. The van der Waals surface area contributed by atoms with Gasteiger partial charge in [-0.3, -0.25) is 0 Å². The van der Waals surface area contributed by atoms with Crippen LogP contribution in [0.4, 0.5) is 0 Å². The first kappa shape index (κ1) is 34.0. The van der Waals surface area contributed by atoms with Crippen molar-refractivity contribution in [1.29, 1.82) is 0 Å². The van der Waals surface area contributed by atoms with E-state index >= 15 is 0 Å². The van der Waals surface area contributed by atoms with Gasteiger partial charge in [0, 0.05) is 17.5 Å². The highest BCUT2D eigenvalue weighted by atomic mass is 79.9. The van der Waals surface area contributed by atoms with E-state index in [0.717, 1.165) is 64.5 Å². The van der Waals surface area contributed by atoms with Crippen molar-refractivity contribution in [2.75, 3.05) is 19.6 Å². The maximum Gasteiger partial charge on any atom is 0.244 e. The van der Waals surface area contributed by atoms with Gasteiger partial charge in [-0.2, -0.15) is 4.31 Å². The SMILES string of the molecule is CCC(C[N+](CC)(CC)Cc1cc(C)cc(C)c1)N(Cc1cc(C)cc(C)c1)S(=O)(=O)c1cccc2ccccc12.[Br-]. The minimum Gasteiger partial charge on any atom is -1.00 e. The van der Waals surface area contributed by atoms with Gasteiger partial charge < -0.3 is 21.5 Å². The van der Waals surface area contributed by atoms with Crippen molar-refractivity contribution < 1.29 is 29.9 Å². The molecule has 42 heavy (non-hydrogen) atoms. The summed E-state index contributed by atoms with van der Waals surface area (Å²) < 4.78 is 32.1. The van der Waals surface area contributed by atoms with Crippen LogP contribution in [0.25, 0.3) is 10.8 Å². The molecule has 0 amide bonds. The normalized spacial score (nSPS) is 12.9. The van der Waals surface area contributed by atoms with E-state index in [1.54, 1.807) is 6.07 Å². The van der Waals surface area contributed by atoms with E-state index in [4.69, 9.17) is 0 Å². The molecule has 0 bridgehead atoms. The van der Waals surface area contributed by atoms with Crippen molar-refractivity contribution in [1.82, 2.24) is 4.31 Å². The Morgan fingerprint density at radius 3 is 1.79 bits per heavy atom. The fraction of sp³-hybridized carbons (Fsp3) is 0.389. The molecule has 0 aromatic heterocycles. The van der Waals surface area contributed by atoms with E-state index < -0.39 is 10.0 Å². The molecule has 0 radical (unpaired) electrons. The Bertz CT molecular complexity index is 1570. The number of hydrogen-bond donors (Lipinski definition) is 0. The summed E-state index contributed by atoms with van der Waals surface area (Å²) in [4.78, 5) is 0.388. The Morgan fingerprint density at radius 2 is 1.24 bits per heavy atom. The van der Waals surface area contributed by atoms with Crippen molar-refractivity contribution >= 4 is 20.8 Å². The highest BCUT2D eigenvalue weighted by Crippen LogP contribution is 2.31. The number of aryl methyl sites for hydroxylation is 4. The number of nitrogens with zero attached hydrogens (tertiary/aromatic N) is 2. The van der Waals surface area contributed by atoms with Gasteiger partial charge in [0.15, 0.2) is 0 Å². The van der Waals surface area contributed by atoms with Crippen molar-refractivity contribution in [2.24, 2.45) is 0 Å². The molecule has 0 aliphatic carbocycles. The van der Waals surface area contributed by atoms with Crippen LogP contribution >= 0.6 is 0 Å². The van der Waals surface area contributed by atoms with Crippen LogP contribution in [0.3, 0.4) is 0 Å². The molecule has 0 heterocycles. The van der Waals surface area contributed by atoms with Crippen molar-refractivity contribution in [3.05, 3.63) is 112 Å². The predicted molar refractivity (Wildman–Crippen MR) is 173 cm³/mol. The summed E-state index contributed by atoms with van der Waals surface area (Å²) in [6, 6.07) is 26.4. The van der Waals surface area contributed by atoms with Crippen LogP contribution in [0.5, 0.6) is 0 Å². The van der Waals surface area contributed by atoms with E-state index in [0.29, 0.717) is 11.4 Å². The predicted octanol–water partition coefficient (Wildman–Crippen LogP) is 5.10. The number of benzene rings is 4. The molecule has 1 unspecified atom stereocenters. The fourth-order valence-corrected chi connectivity index (χ4v) is 8.38. The van der Waals surface area contributed by atoms with Gasteiger partial charge in [-0.05, 0) is 65.0 Å². The van der Waals surface area contributed by atoms with Crippen molar-refractivity contribution in [2.45, 2.75) is 78.9 Å². The zero-order chi connectivity index (χ0) is 29.8. The molecule has 0 saturated heterocycles. The van der Waals surface area contributed by atoms with Gasteiger partial charge >= 0.3 is 0 Å². The number of likely N-dealkylation sites (N-methyl/N-ethyl adjacent to an activating group) is 1. The van der Waals surface area contributed by atoms with E-state index in [1.165, 1.54) is 16.7 Å². The Morgan fingerprint density at radius 1 is 0.714 bits per heavy atom. The first-order chi connectivity index (χ1) is 19.5. The zero-order valence-corrected chi connectivity index (χ0v) is 28.7. The van der Waals surface area contributed by atoms with Gasteiger partial charge in [0.25, 0.3) is 0 Å². The fourth-order valence-electron chi connectivity index (χ4n) is 6.49. The van der Waals surface area contributed by atoms with E-state index in [9.17, 15) is 8.42 Å². The molecule has 0 fully saturated rings. The van der Waals surface area contributed by atoms with Gasteiger partial charge in [-0.1, -0.05) is 102 Å². The molecule has 0 spiro atoms. The second kappa shape index (κ2) is 14.3. The van der Waals surface area contributed by atoms with E-state index in [-0.39, 0.29) is 23.0 Å². The Labute approximate surface area is 264 Å². The summed E-state index contributed by atoms with van der Waals surface area (Å²) in [5.74, 6) is 0. The van der Waals surface area contributed by atoms with Crippen molar-refractivity contribution in [3.8, 4) is 0 Å². The van der Waals surface area contributed by atoms with Crippen LogP contribution in [-0.4, -0.2) is 42.9 Å². The van der Waals surface area contributed by atoms with Gasteiger partial charge in [-0.15, -0.1) is 0 Å². The molecule has 226 valence electrons. The highest BCUT2D eigenvalue weighted by Gasteiger charge is 2.37. The molecule has 4 rings (SSSR count). The average molecular weight is 652 g/mol. The lowest BCUT2D eigenvalue weighted by atomic mass is 10.0. The van der Waals surface area contributed by atoms with Crippen LogP contribution in [0.15, 0.2) is 83.8 Å². The number of quaternary nitrogens is 1. The summed E-state index contributed by atoms with van der Waals surface area (Å²) in [6.07, 6.45) is 0.738. The maximum absolute atomic E-state index is 14.8. The summed E-state index contributed by atoms with van der Waals surface area (Å²) >= 11 is 0. The monoisotopic (exact) mass is 650 g/mol. The minimum absolute atomic E-state index is 0. The summed E-state index contributed by atoms with van der Waals surface area (Å²) in [5, 5.41) is 1.72. The lowest BCUT2D eigenvalue weighted by Gasteiger charge is -2.42. The topological polar surface area (TPSA) is 37.4 Å². The molecule has 0 aliphatic heterocycles. The van der Waals surface area contributed by atoms with Crippen LogP contribution < -0.4 is 17.0 Å². The van der Waals surface area contributed by atoms with Gasteiger partial charge in [0.2, 0.25) is 10.0 Å². The van der Waals surface area contributed by atoms with E-state index in [2.05, 4.69) is 84.9 Å². The first-order valence-electron chi connectivity index (χ1n) is 15.0. The zero-order valence-electron chi connectivity index (χ0n) is 26.3. The molecule has 0 aliphatic rings. The lowest BCUT2D eigenvalue weighted by Crippen LogP contribution is -3.00. The number of rotatable bonds is 12. The van der Waals surface area contributed by atoms with Crippen molar-refractivity contribution in [3.63, 3.8) is 0 Å². The first-order valence-corrected chi connectivity index (χ1v) is 16.4. The van der Waals surface area contributed by atoms with Gasteiger partial charge in [0.1, 0.15) is 6.54 Å². The lowest BCUT2D eigenvalue weighted by molar-refractivity contribution is -0.939. The molecule has 6 heteroatoms. The molecule has 1 atom stereocenters. The Kier molecular flexibility index (Phi) is 11.6.